The molecule has 6 nitrogen and oxygen atoms in total. The van der Waals surface area contributed by atoms with E-state index in [-0.39, 0.29) is 0 Å². The maximum absolute atomic E-state index is 12.6. The fourth-order valence-electron chi connectivity index (χ4n) is 1.34. The van der Waals surface area contributed by atoms with Crippen LogP contribution >= 0.6 is 0 Å². The summed E-state index contributed by atoms with van der Waals surface area (Å²) in [6, 6.07) is 1.85. The zero-order valence-corrected chi connectivity index (χ0v) is 9.32. The molecule has 11 heteroatoms. The van der Waals surface area contributed by atoms with Gasteiger partial charge in [-0.2, -0.15) is 5.26 Å². The third-order valence-electron chi connectivity index (χ3n) is 1.95. The van der Waals surface area contributed by atoms with E-state index >= 15 is 0 Å². The van der Waals surface area contributed by atoms with Gasteiger partial charge in [0.2, 0.25) is 5.88 Å². The summed E-state index contributed by atoms with van der Waals surface area (Å²) >= 11 is 0. The van der Waals surface area contributed by atoms with Crippen LogP contribution in [-0.2, 0) is 6.42 Å². The second-order valence-corrected chi connectivity index (χ2v) is 3.29. The van der Waals surface area contributed by atoms with Crippen molar-refractivity contribution >= 4 is 5.69 Å². The van der Waals surface area contributed by atoms with E-state index in [0.717, 1.165) is 0 Å². The molecule has 0 aliphatic heterocycles. The van der Waals surface area contributed by atoms with Crippen LogP contribution in [0.15, 0.2) is 6.07 Å². The second-order valence-electron chi connectivity index (χ2n) is 3.29. The Balaban J connectivity index is 3.46. The molecule has 0 unspecified atom stereocenters. The van der Waals surface area contributed by atoms with E-state index in [1.54, 1.807) is 0 Å². The van der Waals surface area contributed by atoms with Gasteiger partial charge in [0.05, 0.1) is 23.0 Å². The third kappa shape index (κ3) is 3.74. The van der Waals surface area contributed by atoms with Gasteiger partial charge in [-0.05, 0) is 0 Å². The van der Waals surface area contributed by atoms with E-state index in [4.69, 9.17) is 5.26 Å². The highest BCUT2D eigenvalue weighted by atomic mass is 19.4. The van der Waals surface area contributed by atoms with Gasteiger partial charge in [-0.15, -0.1) is 13.2 Å². The van der Waals surface area contributed by atoms with Crippen molar-refractivity contribution in [1.82, 2.24) is 4.98 Å². The van der Waals surface area contributed by atoms with Crippen molar-refractivity contribution in [2.45, 2.75) is 19.2 Å². The number of halogens is 5. The Morgan fingerprint density at radius 2 is 2.10 bits per heavy atom. The van der Waals surface area contributed by atoms with Crippen molar-refractivity contribution in [3.63, 3.8) is 0 Å². The molecule has 0 N–H and O–H groups in total. The van der Waals surface area contributed by atoms with E-state index in [1.165, 1.54) is 6.07 Å². The lowest BCUT2D eigenvalue weighted by molar-refractivity contribution is -0.387. The first kappa shape index (κ1) is 15.5. The molecule has 108 valence electrons. The maximum Gasteiger partial charge on any atom is 0.574 e. The van der Waals surface area contributed by atoms with Crippen LogP contribution in [0.1, 0.15) is 17.7 Å². The van der Waals surface area contributed by atoms with Gasteiger partial charge in [0, 0.05) is 6.07 Å². The van der Waals surface area contributed by atoms with Crippen LogP contribution in [0.5, 0.6) is 5.88 Å². The Morgan fingerprint density at radius 3 is 2.50 bits per heavy atom. The molecule has 0 saturated heterocycles. The number of pyridine rings is 1. The second kappa shape index (κ2) is 5.64. The predicted molar refractivity (Wildman–Crippen MR) is 51.8 cm³/mol. The van der Waals surface area contributed by atoms with Crippen molar-refractivity contribution < 1.29 is 31.6 Å². The lowest BCUT2D eigenvalue weighted by atomic mass is 10.1. The number of nitro groups is 1. The SMILES string of the molecule is N#CCc1cc(OC(F)(F)F)nc(C(F)F)c1[N+](=O)[O-]. The summed E-state index contributed by atoms with van der Waals surface area (Å²) in [7, 11) is 0. The topological polar surface area (TPSA) is 89.0 Å². The monoisotopic (exact) mass is 297 g/mol. The van der Waals surface area contributed by atoms with Gasteiger partial charge in [0.25, 0.3) is 6.43 Å². The van der Waals surface area contributed by atoms with Crippen molar-refractivity contribution in [3.05, 3.63) is 27.4 Å². The van der Waals surface area contributed by atoms with E-state index in [1.807, 2.05) is 0 Å². The molecule has 0 atom stereocenters. The Kier molecular flexibility index (Phi) is 4.38. The first-order valence-corrected chi connectivity index (χ1v) is 4.74. The molecule has 0 bridgehead atoms. The average Bonchev–Trinajstić information content (AvgIpc) is 2.25. The van der Waals surface area contributed by atoms with Crippen molar-refractivity contribution in [2.75, 3.05) is 0 Å². The third-order valence-corrected chi connectivity index (χ3v) is 1.95. The molecule has 1 rings (SSSR count). The van der Waals surface area contributed by atoms with E-state index < -0.39 is 47.0 Å². The van der Waals surface area contributed by atoms with Crippen LogP contribution < -0.4 is 4.74 Å². The summed E-state index contributed by atoms with van der Waals surface area (Å²) in [4.78, 5) is 12.2. The zero-order chi connectivity index (χ0) is 15.5. The molecule has 0 aliphatic rings. The normalized spacial score (nSPS) is 11.2. The van der Waals surface area contributed by atoms with Gasteiger partial charge < -0.3 is 4.74 Å². The van der Waals surface area contributed by atoms with Gasteiger partial charge in [0.15, 0.2) is 5.69 Å². The van der Waals surface area contributed by atoms with Crippen LogP contribution in [0, 0.1) is 21.4 Å². The molecular formula is C9H4F5N3O3. The lowest BCUT2D eigenvalue weighted by Crippen LogP contribution is -2.19. The summed E-state index contributed by atoms with van der Waals surface area (Å²) < 4.78 is 64.6. The highest BCUT2D eigenvalue weighted by molar-refractivity contribution is 5.48. The molecule has 0 fully saturated rings. The Hall–Kier alpha value is -2.51. The number of aromatic nitrogens is 1. The number of hydrogen-bond acceptors (Lipinski definition) is 5. The lowest BCUT2D eigenvalue weighted by Gasteiger charge is -2.11. The van der Waals surface area contributed by atoms with Gasteiger partial charge in [-0.3, -0.25) is 10.1 Å². The number of nitrogens with zero attached hydrogens (tertiary/aromatic N) is 3. The van der Waals surface area contributed by atoms with E-state index in [0.29, 0.717) is 6.07 Å². The predicted octanol–water partition coefficient (Wildman–Crippen LogP) is 2.89. The van der Waals surface area contributed by atoms with Crippen LogP contribution in [0.3, 0.4) is 0 Å². The number of hydrogen-bond donors (Lipinski definition) is 0. The highest BCUT2D eigenvalue weighted by Gasteiger charge is 2.35. The van der Waals surface area contributed by atoms with Gasteiger partial charge >= 0.3 is 12.0 Å². The molecule has 1 heterocycles. The van der Waals surface area contributed by atoms with Crippen LogP contribution in [-0.4, -0.2) is 16.3 Å². The highest BCUT2D eigenvalue weighted by Crippen LogP contribution is 2.34. The van der Waals surface area contributed by atoms with Crippen molar-refractivity contribution in [1.29, 1.82) is 5.26 Å². The quantitative estimate of drug-likeness (QED) is 0.484. The fourth-order valence-corrected chi connectivity index (χ4v) is 1.34. The minimum absolute atomic E-state index is 0.431. The number of nitriles is 1. The average molecular weight is 297 g/mol. The van der Waals surface area contributed by atoms with Crippen LogP contribution in [0.4, 0.5) is 27.6 Å². The molecule has 0 aliphatic carbocycles. The maximum atomic E-state index is 12.6. The molecule has 0 radical (unpaired) electrons. The van der Waals surface area contributed by atoms with Gasteiger partial charge in [-0.25, -0.2) is 13.8 Å². The molecule has 0 aromatic carbocycles. The van der Waals surface area contributed by atoms with Crippen LogP contribution in [0.2, 0.25) is 0 Å². The molecule has 0 saturated carbocycles. The number of ether oxygens (including phenoxy) is 1. The van der Waals surface area contributed by atoms with E-state index in [2.05, 4.69) is 9.72 Å². The summed E-state index contributed by atoms with van der Waals surface area (Å²) in [5.74, 6) is -1.29. The van der Waals surface area contributed by atoms with Crippen molar-refractivity contribution in [3.8, 4) is 11.9 Å². The summed E-state index contributed by atoms with van der Waals surface area (Å²) in [5.41, 5.74) is -3.32. The molecule has 20 heavy (non-hydrogen) atoms. The minimum atomic E-state index is -5.20. The zero-order valence-electron chi connectivity index (χ0n) is 9.32. The fraction of sp³-hybridized carbons (Fsp3) is 0.333. The first-order chi connectivity index (χ1) is 9.15. The van der Waals surface area contributed by atoms with Gasteiger partial charge in [0.1, 0.15) is 0 Å². The molecule has 0 spiro atoms. The number of alkyl halides is 5. The molecular weight excluding hydrogens is 293 g/mol. The Morgan fingerprint density at radius 1 is 1.50 bits per heavy atom. The van der Waals surface area contributed by atoms with Gasteiger partial charge in [-0.1, -0.05) is 0 Å². The first-order valence-electron chi connectivity index (χ1n) is 4.74. The summed E-state index contributed by atoms with van der Waals surface area (Å²) in [6.45, 7) is 0. The minimum Gasteiger partial charge on any atom is -0.388 e. The van der Waals surface area contributed by atoms with Crippen LogP contribution in [0.25, 0.3) is 0 Å². The smallest absolute Gasteiger partial charge is 0.388 e. The largest absolute Gasteiger partial charge is 0.574 e. The summed E-state index contributed by atoms with van der Waals surface area (Å²) in [5, 5.41) is 19.1. The molecule has 1 aromatic heterocycles. The summed E-state index contributed by atoms with van der Waals surface area (Å²) in [6.07, 6.45) is -9.44. The molecule has 0 amide bonds. The van der Waals surface area contributed by atoms with E-state index in [9.17, 15) is 32.1 Å². The molecule has 1 aromatic rings. The number of rotatable bonds is 4. The van der Waals surface area contributed by atoms with Crippen molar-refractivity contribution in [2.24, 2.45) is 0 Å². The Labute approximate surface area is 107 Å². The standard InChI is InChI=1S/C9H4F5N3O3/c10-8(11)6-7(17(18)19)4(1-2-15)3-5(16-6)20-9(12,13)14/h3,8H,1H2. The Bertz CT molecular complexity index is 567.